The molecule has 44 heavy (non-hydrogen) atoms. The minimum Gasteiger partial charge on any atom is -0.493 e. The molecular weight excluding hydrogens is 623 g/mol. The Bertz CT molecular complexity index is 1640. The van der Waals surface area contributed by atoms with Crippen molar-refractivity contribution in [3.63, 3.8) is 0 Å². The molecule has 0 bridgehead atoms. The lowest BCUT2D eigenvalue weighted by Gasteiger charge is -2.27. The standard InChI is InChI=1S/C24H37N8O10PS/c1-11(2)41-20(35)12(3)29-43(38,44-9-13-19(34)31(6)23(36)30(13)5)40-8-14-16(33)24(4,37)21(42-14)32-10-26-15-17(32)27-22(25)28-18(15)39-7/h10-12,14,16,21,33-34,37H,8-9H2,1-7H3,(H,29,38)(H2,25,27,28)/t12-,14?,16+,21+,24+,43+/m0/s1. The maximum Gasteiger partial charge on any atom is 0.330 e. The molecule has 4 heterocycles. The predicted octanol–water partition coefficient (Wildman–Crippen LogP) is 0.157. The van der Waals surface area contributed by atoms with Crippen LogP contribution < -0.4 is 21.2 Å². The van der Waals surface area contributed by atoms with Crippen molar-refractivity contribution in [3.05, 3.63) is 22.5 Å². The van der Waals surface area contributed by atoms with E-state index >= 15 is 0 Å². The molecule has 0 spiro atoms. The Hall–Kier alpha value is -3.19. The van der Waals surface area contributed by atoms with Crippen molar-refractivity contribution in [2.75, 3.05) is 19.5 Å². The van der Waals surface area contributed by atoms with Crippen molar-refractivity contribution in [1.82, 2.24) is 33.7 Å². The average Bonchev–Trinajstić information content (AvgIpc) is 3.52. The Morgan fingerprint density at radius 2 is 1.98 bits per heavy atom. The van der Waals surface area contributed by atoms with Gasteiger partial charge in [0.25, 0.3) is 0 Å². The predicted molar refractivity (Wildman–Crippen MR) is 158 cm³/mol. The molecule has 4 rings (SSSR count). The number of aromatic nitrogens is 6. The molecule has 3 aromatic heterocycles. The number of hydrogen-bond acceptors (Lipinski definition) is 15. The van der Waals surface area contributed by atoms with Gasteiger partial charge < -0.3 is 39.8 Å². The van der Waals surface area contributed by atoms with E-state index in [1.807, 2.05) is 0 Å². The van der Waals surface area contributed by atoms with E-state index in [4.69, 9.17) is 24.5 Å². The highest BCUT2D eigenvalue weighted by Crippen LogP contribution is 2.58. The first-order valence-electron chi connectivity index (χ1n) is 13.4. The molecule has 1 aliphatic rings. The minimum absolute atomic E-state index is 0.0976. The lowest BCUT2D eigenvalue weighted by Crippen LogP contribution is -2.44. The van der Waals surface area contributed by atoms with Crippen LogP contribution in [-0.2, 0) is 43.2 Å². The van der Waals surface area contributed by atoms with Crippen molar-refractivity contribution in [2.45, 2.75) is 69.6 Å². The summed E-state index contributed by atoms with van der Waals surface area (Å²) in [6, 6.07) is -1.09. The van der Waals surface area contributed by atoms with Gasteiger partial charge in [0.15, 0.2) is 17.4 Å². The van der Waals surface area contributed by atoms with Gasteiger partial charge in [-0.15, -0.1) is 0 Å². The number of nitrogens with one attached hydrogen (secondary N) is 1. The van der Waals surface area contributed by atoms with E-state index in [2.05, 4.69) is 20.0 Å². The number of rotatable bonds is 12. The Morgan fingerprint density at radius 3 is 2.57 bits per heavy atom. The molecule has 1 unspecified atom stereocenters. The molecule has 3 aromatic rings. The number of anilines is 1. The smallest absolute Gasteiger partial charge is 0.330 e. The number of hydrogen-bond donors (Lipinski definition) is 5. The van der Waals surface area contributed by atoms with E-state index in [1.54, 1.807) is 13.8 Å². The van der Waals surface area contributed by atoms with Crippen LogP contribution in [0.25, 0.3) is 11.2 Å². The number of nitrogens with two attached hydrogens (primary N) is 1. The Labute approximate surface area is 255 Å². The molecule has 0 radical (unpaired) electrons. The maximum absolute atomic E-state index is 14.1. The van der Waals surface area contributed by atoms with Crippen molar-refractivity contribution >= 4 is 41.2 Å². The summed E-state index contributed by atoms with van der Waals surface area (Å²) in [5.74, 6) is -1.20. The van der Waals surface area contributed by atoms with Crippen LogP contribution in [0.15, 0.2) is 11.1 Å². The van der Waals surface area contributed by atoms with Gasteiger partial charge >= 0.3 is 18.4 Å². The summed E-state index contributed by atoms with van der Waals surface area (Å²) in [5, 5.41) is 35.4. The van der Waals surface area contributed by atoms with Crippen molar-refractivity contribution in [1.29, 1.82) is 0 Å². The monoisotopic (exact) mass is 660 g/mol. The van der Waals surface area contributed by atoms with E-state index < -0.39 is 61.2 Å². The Balaban J connectivity index is 1.58. The second-order valence-electron chi connectivity index (χ2n) is 10.7. The van der Waals surface area contributed by atoms with Crippen molar-refractivity contribution in [3.8, 4) is 11.8 Å². The highest BCUT2D eigenvalue weighted by atomic mass is 32.7. The van der Waals surface area contributed by atoms with Gasteiger partial charge in [0.2, 0.25) is 17.7 Å². The number of aliphatic hydroxyl groups is 2. The maximum atomic E-state index is 14.1. The first-order valence-corrected chi connectivity index (χ1v) is 16.6. The summed E-state index contributed by atoms with van der Waals surface area (Å²) in [7, 11) is 4.20. The average molecular weight is 661 g/mol. The normalized spacial score (nSPS) is 24.1. The number of carbonyl (C=O) groups is 1. The van der Waals surface area contributed by atoms with Crippen molar-refractivity contribution < 1.29 is 43.4 Å². The van der Waals surface area contributed by atoms with Crippen LogP contribution in [0, 0.1) is 0 Å². The van der Waals surface area contributed by atoms with Crippen LogP contribution >= 0.6 is 18.1 Å². The SMILES string of the molecule is COc1nc(N)nc2c1ncn2[C@@H]1OC(CO[P@](=O)(N[C@@H](C)C(=O)OC(C)C)SCc2c(O)n(C)c(=O)n2C)[C@@H](O)[C@@]1(C)O. The van der Waals surface area contributed by atoms with E-state index in [9.17, 15) is 29.5 Å². The third kappa shape index (κ3) is 6.44. The van der Waals surface area contributed by atoms with Gasteiger partial charge in [-0.3, -0.25) is 23.1 Å². The van der Waals surface area contributed by atoms with Gasteiger partial charge in [0, 0.05) is 19.8 Å². The van der Waals surface area contributed by atoms with Gasteiger partial charge in [-0.2, -0.15) is 9.97 Å². The fourth-order valence-corrected chi connectivity index (χ4v) is 8.33. The third-order valence-corrected chi connectivity index (χ3v) is 11.0. The van der Waals surface area contributed by atoms with Crippen molar-refractivity contribution in [2.24, 2.45) is 14.1 Å². The van der Waals surface area contributed by atoms with E-state index in [-0.39, 0.29) is 40.3 Å². The topological polar surface area (TPSA) is 240 Å². The molecule has 0 aromatic carbocycles. The van der Waals surface area contributed by atoms with Gasteiger partial charge in [-0.25, -0.2) is 14.9 Å². The van der Waals surface area contributed by atoms with Crippen LogP contribution in [0.4, 0.5) is 5.95 Å². The third-order valence-electron chi connectivity index (χ3n) is 7.00. The van der Waals surface area contributed by atoms with Crippen LogP contribution in [0.2, 0.25) is 0 Å². The highest BCUT2D eigenvalue weighted by Gasteiger charge is 2.54. The van der Waals surface area contributed by atoms with Gasteiger partial charge in [-0.05, 0) is 39.1 Å². The van der Waals surface area contributed by atoms with Gasteiger partial charge in [0.05, 0.1) is 31.8 Å². The number of aliphatic hydroxyl groups excluding tert-OH is 1. The molecule has 6 N–H and O–H groups in total. The fourth-order valence-electron chi connectivity index (χ4n) is 4.59. The molecule has 1 fully saturated rings. The number of aromatic hydroxyl groups is 1. The number of esters is 1. The summed E-state index contributed by atoms with van der Waals surface area (Å²) in [5.41, 5.74) is 3.96. The number of ether oxygens (including phenoxy) is 3. The van der Waals surface area contributed by atoms with E-state index in [0.29, 0.717) is 11.4 Å². The molecule has 6 atom stereocenters. The molecule has 0 saturated carbocycles. The second-order valence-corrected chi connectivity index (χ2v) is 15.0. The second kappa shape index (κ2) is 12.7. The molecule has 244 valence electrons. The first kappa shape index (κ1) is 33.7. The molecule has 20 heteroatoms. The summed E-state index contributed by atoms with van der Waals surface area (Å²) in [6.07, 6.45) is -3.14. The zero-order valence-corrected chi connectivity index (χ0v) is 26.9. The van der Waals surface area contributed by atoms with Crippen LogP contribution in [0.5, 0.6) is 11.8 Å². The molecule has 0 amide bonds. The molecule has 0 aliphatic carbocycles. The van der Waals surface area contributed by atoms with Crippen LogP contribution in [0.3, 0.4) is 0 Å². The molecule has 1 aliphatic heterocycles. The number of nitrogen functional groups attached to an aromatic ring is 1. The first-order chi connectivity index (χ1) is 20.5. The molecule has 1 saturated heterocycles. The number of imidazole rings is 2. The molecule has 18 nitrogen and oxygen atoms in total. The summed E-state index contributed by atoms with van der Waals surface area (Å²) < 4.78 is 39.9. The lowest BCUT2D eigenvalue weighted by molar-refractivity contribution is -0.149. The zero-order chi connectivity index (χ0) is 32.7. The Morgan fingerprint density at radius 1 is 1.30 bits per heavy atom. The summed E-state index contributed by atoms with van der Waals surface area (Å²) in [4.78, 5) is 37.1. The van der Waals surface area contributed by atoms with Crippen LogP contribution in [-0.4, -0.2) is 93.6 Å². The quantitative estimate of drug-likeness (QED) is 0.128. The highest BCUT2D eigenvalue weighted by molar-refractivity contribution is 8.55. The summed E-state index contributed by atoms with van der Waals surface area (Å²) >= 11 is 0.704. The zero-order valence-electron chi connectivity index (χ0n) is 25.2. The van der Waals surface area contributed by atoms with Gasteiger partial charge in [0.1, 0.15) is 23.9 Å². The molecular formula is C24H37N8O10PS. The lowest BCUT2D eigenvalue weighted by atomic mass is 9.96. The largest absolute Gasteiger partial charge is 0.493 e. The minimum atomic E-state index is -4.06. The number of nitrogens with zero attached hydrogens (tertiary/aromatic N) is 6. The Kier molecular flexibility index (Phi) is 9.70. The summed E-state index contributed by atoms with van der Waals surface area (Å²) in [6.45, 7) is 1.53. The van der Waals surface area contributed by atoms with E-state index in [0.717, 1.165) is 4.57 Å². The van der Waals surface area contributed by atoms with Gasteiger partial charge in [-0.1, -0.05) is 0 Å². The number of methoxy groups -OCH3 is 1. The number of fused-ring (bicyclic) bond motifs is 1. The van der Waals surface area contributed by atoms with Crippen LogP contribution in [0.1, 0.15) is 39.6 Å². The number of carbonyl (C=O) groups excluding carboxylic acids is 1. The van der Waals surface area contributed by atoms with E-state index in [1.165, 1.54) is 50.5 Å². The fraction of sp³-hybridized carbons (Fsp3) is 0.625.